The van der Waals surface area contributed by atoms with E-state index in [0.29, 0.717) is 12.1 Å². The number of amides is 2. The molecule has 21 heavy (non-hydrogen) atoms. The van der Waals surface area contributed by atoms with Crippen LogP contribution in [-0.4, -0.2) is 29.3 Å². The molecule has 0 spiro atoms. The van der Waals surface area contributed by atoms with Crippen LogP contribution in [-0.2, 0) is 9.59 Å². The van der Waals surface area contributed by atoms with E-state index in [-0.39, 0.29) is 30.1 Å². The lowest BCUT2D eigenvalue weighted by molar-refractivity contribution is -0.138. The van der Waals surface area contributed by atoms with Crippen molar-refractivity contribution >= 4 is 11.8 Å². The van der Waals surface area contributed by atoms with E-state index in [4.69, 9.17) is 0 Å². The lowest BCUT2D eigenvalue weighted by atomic mass is 10.0. The van der Waals surface area contributed by atoms with Gasteiger partial charge in [-0.15, -0.1) is 0 Å². The molecule has 2 unspecified atom stereocenters. The Balaban J connectivity index is 2.06. The predicted molar refractivity (Wildman–Crippen MR) is 78.1 cm³/mol. The molecular weight excluding hydrogens is 271 g/mol. The first-order valence-electron chi connectivity index (χ1n) is 7.30. The highest BCUT2D eigenvalue weighted by Gasteiger charge is 2.38. The summed E-state index contributed by atoms with van der Waals surface area (Å²) >= 11 is 0. The molecule has 114 valence electrons. The van der Waals surface area contributed by atoms with Gasteiger partial charge in [0, 0.05) is 12.6 Å². The number of aryl methyl sites for hydroxylation is 1. The number of halogens is 1. The van der Waals surface area contributed by atoms with Crippen LogP contribution in [0.5, 0.6) is 0 Å². The molecule has 0 saturated carbocycles. The van der Waals surface area contributed by atoms with Crippen molar-refractivity contribution in [3.05, 3.63) is 35.1 Å². The molecule has 1 fully saturated rings. The second kappa shape index (κ2) is 6.35. The number of rotatable bonds is 5. The molecule has 1 aliphatic heterocycles. The molecule has 4 nitrogen and oxygen atoms in total. The van der Waals surface area contributed by atoms with Crippen LogP contribution in [0.3, 0.4) is 0 Å². The average molecular weight is 292 g/mol. The number of nitrogens with one attached hydrogen (secondary N) is 1. The van der Waals surface area contributed by atoms with E-state index in [1.807, 2.05) is 19.9 Å². The number of hydrogen-bond acceptors (Lipinski definition) is 3. The smallest absolute Gasteiger partial charge is 0.246 e. The highest BCUT2D eigenvalue weighted by atomic mass is 19.1. The van der Waals surface area contributed by atoms with Crippen molar-refractivity contribution in [2.45, 2.75) is 45.7 Å². The lowest BCUT2D eigenvalue weighted by Gasteiger charge is -2.19. The molecular formula is C16H21FN2O2. The molecule has 2 atom stereocenters. The highest BCUT2D eigenvalue weighted by molar-refractivity contribution is 6.05. The zero-order chi connectivity index (χ0) is 15.6. The summed E-state index contributed by atoms with van der Waals surface area (Å²) in [5.41, 5.74) is 1.36. The second-order valence-corrected chi connectivity index (χ2v) is 5.54. The van der Waals surface area contributed by atoms with Gasteiger partial charge in [0.1, 0.15) is 5.82 Å². The number of carbonyl (C=O) groups is 2. The van der Waals surface area contributed by atoms with E-state index in [1.165, 1.54) is 11.0 Å². The van der Waals surface area contributed by atoms with Gasteiger partial charge < -0.3 is 0 Å². The molecule has 0 aliphatic carbocycles. The van der Waals surface area contributed by atoms with E-state index < -0.39 is 6.04 Å². The van der Waals surface area contributed by atoms with Crippen molar-refractivity contribution in [3.8, 4) is 0 Å². The topological polar surface area (TPSA) is 49.4 Å². The van der Waals surface area contributed by atoms with Crippen LogP contribution in [0.15, 0.2) is 18.2 Å². The number of likely N-dealkylation sites (tertiary alicyclic amines) is 1. The van der Waals surface area contributed by atoms with Gasteiger partial charge in [0.05, 0.1) is 12.5 Å². The van der Waals surface area contributed by atoms with E-state index >= 15 is 0 Å². The molecule has 2 rings (SSSR count). The molecule has 1 saturated heterocycles. The van der Waals surface area contributed by atoms with Crippen molar-refractivity contribution in [1.29, 1.82) is 0 Å². The Bertz CT molecular complexity index is 559. The predicted octanol–water partition coefficient (Wildman–Crippen LogP) is 2.32. The van der Waals surface area contributed by atoms with Gasteiger partial charge in [-0.1, -0.05) is 19.1 Å². The minimum Gasteiger partial charge on any atom is -0.299 e. The fourth-order valence-corrected chi connectivity index (χ4v) is 2.55. The SMILES string of the molecule is CCCN1C(=O)CC(NC(C)c2ccc(C)c(F)c2)C1=O. The Hall–Kier alpha value is -1.75. The fraction of sp³-hybridized carbons (Fsp3) is 0.500. The van der Waals surface area contributed by atoms with Gasteiger partial charge in [-0.25, -0.2) is 4.39 Å². The standard InChI is InChI=1S/C16H21FN2O2/c1-4-7-19-15(20)9-14(16(19)21)18-11(3)12-6-5-10(2)13(17)8-12/h5-6,8,11,14,18H,4,7,9H2,1-3H3. The summed E-state index contributed by atoms with van der Waals surface area (Å²) < 4.78 is 13.6. The van der Waals surface area contributed by atoms with Gasteiger partial charge in [-0.05, 0) is 37.5 Å². The summed E-state index contributed by atoms with van der Waals surface area (Å²) in [4.78, 5) is 25.3. The van der Waals surface area contributed by atoms with Gasteiger partial charge in [-0.2, -0.15) is 0 Å². The molecule has 1 aromatic rings. The van der Waals surface area contributed by atoms with Crippen LogP contribution in [0.2, 0.25) is 0 Å². The van der Waals surface area contributed by atoms with Gasteiger partial charge in [0.25, 0.3) is 0 Å². The third-order valence-electron chi connectivity index (χ3n) is 3.84. The quantitative estimate of drug-likeness (QED) is 0.847. The molecule has 0 radical (unpaired) electrons. The summed E-state index contributed by atoms with van der Waals surface area (Å²) in [7, 11) is 0. The summed E-state index contributed by atoms with van der Waals surface area (Å²) in [5, 5.41) is 3.13. The highest BCUT2D eigenvalue weighted by Crippen LogP contribution is 2.20. The molecule has 2 amide bonds. The van der Waals surface area contributed by atoms with Crippen LogP contribution in [0, 0.1) is 12.7 Å². The maximum atomic E-state index is 13.6. The Morgan fingerprint density at radius 1 is 1.43 bits per heavy atom. The molecule has 1 aromatic carbocycles. The second-order valence-electron chi connectivity index (χ2n) is 5.54. The van der Waals surface area contributed by atoms with Crippen LogP contribution >= 0.6 is 0 Å². The Labute approximate surface area is 124 Å². The van der Waals surface area contributed by atoms with Gasteiger partial charge >= 0.3 is 0 Å². The third-order valence-corrected chi connectivity index (χ3v) is 3.84. The maximum Gasteiger partial charge on any atom is 0.246 e. The van der Waals surface area contributed by atoms with E-state index in [1.54, 1.807) is 13.0 Å². The van der Waals surface area contributed by atoms with Crippen LogP contribution in [0.25, 0.3) is 0 Å². The number of nitrogens with zero attached hydrogens (tertiary/aromatic N) is 1. The third kappa shape index (κ3) is 3.29. The van der Waals surface area contributed by atoms with Gasteiger partial charge in [0.15, 0.2) is 0 Å². The summed E-state index contributed by atoms with van der Waals surface area (Å²) in [6.45, 7) is 5.96. The normalized spacial score (nSPS) is 20.2. The van der Waals surface area contributed by atoms with Crippen LogP contribution in [0.4, 0.5) is 4.39 Å². The minimum atomic E-state index is -0.511. The Kier molecular flexibility index (Phi) is 4.73. The van der Waals surface area contributed by atoms with Crippen molar-refractivity contribution in [3.63, 3.8) is 0 Å². The largest absolute Gasteiger partial charge is 0.299 e. The maximum absolute atomic E-state index is 13.6. The van der Waals surface area contributed by atoms with Crippen molar-refractivity contribution in [2.75, 3.05) is 6.54 Å². The first-order valence-corrected chi connectivity index (χ1v) is 7.30. The zero-order valence-electron chi connectivity index (χ0n) is 12.6. The molecule has 1 heterocycles. The van der Waals surface area contributed by atoms with Crippen LogP contribution in [0.1, 0.15) is 43.9 Å². The summed E-state index contributed by atoms with van der Waals surface area (Å²) in [5.74, 6) is -0.578. The molecule has 5 heteroatoms. The minimum absolute atomic E-state index is 0.137. The summed E-state index contributed by atoms with van der Waals surface area (Å²) in [6, 6.07) is 4.32. The monoisotopic (exact) mass is 292 g/mol. The van der Waals surface area contributed by atoms with E-state index in [0.717, 1.165) is 12.0 Å². The van der Waals surface area contributed by atoms with Gasteiger partial charge in [0.2, 0.25) is 11.8 Å². The molecule has 1 N–H and O–H groups in total. The Morgan fingerprint density at radius 3 is 2.76 bits per heavy atom. The number of imide groups is 1. The zero-order valence-corrected chi connectivity index (χ0v) is 12.6. The Morgan fingerprint density at radius 2 is 2.14 bits per heavy atom. The summed E-state index contributed by atoms with van der Waals surface area (Å²) in [6.07, 6.45) is 0.931. The van der Waals surface area contributed by atoms with Gasteiger partial charge in [-0.3, -0.25) is 19.8 Å². The van der Waals surface area contributed by atoms with Crippen molar-refractivity contribution < 1.29 is 14.0 Å². The number of hydrogen-bond donors (Lipinski definition) is 1. The van der Waals surface area contributed by atoms with Crippen molar-refractivity contribution in [2.24, 2.45) is 0 Å². The molecule has 0 bridgehead atoms. The average Bonchev–Trinajstić information content (AvgIpc) is 2.70. The lowest BCUT2D eigenvalue weighted by Crippen LogP contribution is -2.40. The number of benzene rings is 1. The number of carbonyl (C=O) groups excluding carboxylic acids is 2. The first kappa shape index (κ1) is 15.6. The fourth-order valence-electron chi connectivity index (χ4n) is 2.55. The van der Waals surface area contributed by atoms with Crippen LogP contribution < -0.4 is 5.32 Å². The molecule has 0 aromatic heterocycles. The first-order chi connectivity index (χ1) is 9.93. The van der Waals surface area contributed by atoms with E-state index in [2.05, 4.69) is 5.32 Å². The van der Waals surface area contributed by atoms with Crippen molar-refractivity contribution in [1.82, 2.24) is 10.2 Å². The molecule has 1 aliphatic rings. The van der Waals surface area contributed by atoms with E-state index in [9.17, 15) is 14.0 Å².